The van der Waals surface area contributed by atoms with Crippen molar-refractivity contribution in [1.29, 1.82) is 0 Å². The normalized spacial score (nSPS) is 19.8. The summed E-state index contributed by atoms with van der Waals surface area (Å²) >= 11 is 0. The minimum Gasteiger partial charge on any atom is -0.314 e. The first-order valence-corrected chi connectivity index (χ1v) is 6.10. The predicted molar refractivity (Wildman–Crippen MR) is 58.9 cm³/mol. The quantitative estimate of drug-likeness (QED) is 0.638. The molecule has 0 spiro atoms. The molecule has 1 aliphatic rings. The van der Waals surface area contributed by atoms with Crippen molar-refractivity contribution in [3.8, 4) is 0 Å². The van der Waals surface area contributed by atoms with Crippen LogP contribution in [0.1, 0.15) is 58.8 Å². The van der Waals surface area contributed by atoms with Gasteiger partial charge in [-0.15, -0.1) is 0 Å². The molecule has 78 valence electrons. The Labute approximate surface area is 83.3 Å². The Morgan fingerprint density at radius 2 is 2.00 bits per heavy atom. The lowest BCUT2D eigenvalue weighted by atomic mass is 9.81. The van der Waals surface area contributed by atoms with Gasteiger partial charge in [-0.05, 0) is 31.7 Å². The topological polar surface area (TPSA) is 12.0 Å². The van der Waals surface area contributed by atoms with E-state index in [1.54, 1.807) is 0 Å². The van der Waals surface area contributed by atoms with Crippen LogP contribution in [0.5, 0.6) is 0 Å². The highest BCUT2D eigenvalue weighted by atomic mass is 14.9. The van der Waals surface area contributed by atoms with Crippen molar-refractivity contribution in [2.45, 2.75) is 64.8 Å². The van der Waals surface area contributed by atoms with Crippen molar-refractivity contribution in [2.75, 3.05) is 6.54 Å². The van der Waals surface area contributed by atoms with Crippen LogP contribution in [-0.2, 0) is 0 Å². The first-order chi connectivity index (χ1) is 6.36. The van der Waals surface area contributed by atoms with Gasteiger partial charge in [-0.25, -0.2) is 0 Å². The van der Waals surface area contributed by atoms with Crippen LogP contribution in [0.25, 0.3) is 0 Å². The van der Waals surface area contributed by atoms with Crippen molar-refractivity contribution in [2.24, 2.45) is 5.92 Å². The highest BCUT2D eigenvalue weighted by molar-refractivity contribution is 4.73. The van der Waals surface area contributed by atoms with Crippen LogP contribution in [0, 0.1) is 5.92 Å². The maximum absolute atomic E-state index is 3.59. The van der Waals surface area contributed by atoms with E-state index < -0.39 is 0 Å². The number of nitrogens with one attached hydrogen (secondary N) is 1. The SMILES string of the molecule is CCCC(CCC1CCC1)NCC. The van der Waals surface area contributed by atoms with Crippen LogP contribution in [0.3, 0.4) is 0 Å². The fourth-order valence-corrected chi connectivity index (χ4v) is 2.20. The summed E-state index contributed by atoms with van der Waals surface area (Å²) in [4.78, 5) is 0. The molecule has 0 aromatic carbocycles. The van der Waals surface area contributed by atoms with Gasteiger partial charge in [-0.2, -0.15) is 0 Å². The average molecular weight is 183 g/mol. The molecule has 0 heterocycles. The number of hydrogen-bond acceptors (Lipinski definition) is 1. The van der Waals surface area contributed by atoms with Crippen LogP contribution >= 0.6 is 0 Å². The molecular weight excluding hydrogens is 158 g/mol. The molecular formula is C12H25N. The van der Waals surface area contributed by atoms with E-state index in [0.29, 0.717) is 0 Å². The molecule has 0 saturated heterocycles. The molecule has 1 atom stereocenters. The second-order valence-electron chi connectivity index (χ2n) is 4.42. The maximum atomic E-state index is 3.59. The van der Waals surface area contributed by atoms with Gasteiger partial charge in [0.05, 0.1) is 0 Å². The molecule has 1 nitrogen and oxygen atoms in total. The van der Waals surface area contributed by atoms with E-state index in [1.165, 1.54) is 44.9 Å². The predicted octanol–water partition coefficient (Wildman–Crippen LogP) is 3.34. The third kappa shape index (κ3) is 4.12. The second kappa shape index (κ2) is 6.42. The first kappa shape index (κ1) is 11.0. The standard InChI is InChI=1S/C12H25N/c1-3-6-12(13-4-2)10-9-11-7-5-8-11/h11-13H,3-10H2,1-2H3. The first-order valence-electron chi connectivity index (χ1n) is 6.10. The van der Waals surface area contributed by atoms with E-state index in [1.807, 2.05) is 0 Å². The summed E-state index contributed by atoms with van der Waals surface area (Å²) in [5.41, 5.74) is 0. The average Bonchev–Trinajstić information content (AvgIpc) is 2.02. The summed E-state index contributed by atoms with van der Waals surface area (Å²) in [6.45, 7) is 5.63. The molecule has 0 radical (unpaired) electrons. The largest absolute Gasteiger partial charge is 0.314 e. The van der Waals surface area contributed by atoms with Crippen LogP contribution < -0.4 is 5.32 Å². The van der Waals surface area contributed by atoms with E-state index in [0.717, 1.165) is 18.5 Å². The monoisotopic (exact) mass is 183 g/mol. The van der Waals surface area contributed by atoms with Crippen molar-refractivity contribution in [3.63, 3.8) is 0 Å². The molecule has 1 aliphatic carbocycles. The maximum Gasteiger partial charge on any atom is 0.00669 e. The van der Waals surface area contributed by atoms with Crippen molar-refractivity contribution >= 4 is 0 Å². The second-order valence-corrected chi connectivity index (χ2v) is 4.42. The van der Waals surface area contributed by atoms with E-state index in [9.17, 15) is 0 Å². The lowest BCUT2D eigenvalue weighted by Crippen LogP contribution is -2.29. The lowest BCUT2D eigenvalue weighted by Gasteiger charge is -2.27. The molecule has 0 aromatic heterocycles. The zero-order valence-electron chi connectivity index (χ0n) is 9.31. The smallest absolute Gasteiger partial charge is 0.00669 e. The molecule has 0 amide bonds. The molecule has 13 heavy (non-hydrogen) atoms. The lowest BCUT2D eigenvalue weighted by molar-refractivity contribution is 0.272. The van der Waals surface area contributed by atoms with Gasteiger partial charge in [0.15, 0.2) is 0 Å². The van der Waals surface area contributed by atoms with Gasteiger partial charge >= 0.3 is 0 Å². The Morgan fingerprint density at radius 3 is 2.46 bits per heavy atom. The Bertz CT molecular complexity index is 112. The highest BCUT2D eigenvalue weighted by Gasteiger charge is 2.18. The molecule has 0 aliphatic heterocycles. The van der Waals surface area contributed by atoms with Crippen LogP contribution in [0.15, 0.2) is 0 Å². The number of rotatable bonds is 7. The van der Waals surface area contributed by atoms with Crippen LogP contribution in [-0.4, -0.2) is 12.6 Å². The van der Waals surface area contributed by atoms with Crippen molar-refractivity contribution in [1.82, 2.24) is 5.32 Å². The van der Waals surface area contributed by atoms with E-state index >= 15 is 0 Å². The third-order valence-electron chi connectivity index (χ3n) is 3.28. The molecule has 1 N–H and O–H groups in total. The summed E-state index contributed by atoms with van der Waals surface area (Å²) in [6.07, 6.45) is 10.1. The minimum atomic E-state index is 0.801. The summed E-state index contributed by atoms with van der Waals surface area (Å²) in [5.74, 6) is 1.08. The van der Waals surface area contributed by atoms with E-state index in [4.69, 9.17) is 0 Å². The zero-order valence-corrected chi connectivity index (χ0v) is 9.31. The molecule has 1 heteroatoms. The van der Waals surface area contributed by atoms with Gasteiger partial charge in [0.2, 0.25) is 0 Å². The van der Waals surface area contributed by atoms with E-state index in [2.05, 4.69) is 19.2 Å². The number of hydrogen-bond donors (Lipinski definition) is 1. The molecule has 1 rings (SSSR count). The van der Waals surface area contributed by atoms with Crippen molar-refractivity contribution < 1.29 is 0 Å². The molecule has 1 unspecified atom stereocenters. The fraction of sp³-hybridized carbons (Fsp3) is 1.00. The van der Waals surface area contributed by atoms with Crippen LogP contribution in [0.2, 0.25) is 0 Å². The summed E-state index contributed by atoms with van der Waals surface area (Å²) < 4.78 is 0. The molecule has 0 aromatic rings. The Balaban J connectivity index is 2.05. The van der Waals surface area contributed by atoms with Gasteiger partial charge in [0.1, 0.15) is 0 Å². The fourth-order valence-electron chi connectivity index (χ4n) is 2.20. The van der Waals surface area contributed by atoms with Gasteiger partial charge in [-0.1, -0.05) is 39.5 Å². The van der Waals surface area contributed by atoms with Crippen molar-refractivity contribution in [3.05, 3.63) is 0 Å². The summed E-state index contributed by atoms with van der Waals surface area (Å²) in [7, 11) is 0. The summed E-state index contributed by atoms with van der Waals surface area (Å²) in [5, 5.41) is 3.59. The molecule has 1 saturated carbocycles. The minimum absolute atomic E-state index is 0.801. The summed E-state index contributed by atoms with van der Waals surface area (Å²) in [6, 6.07) is 0.801. The third-order valence-corrected chi connectivity index (χ3v) is 3.28. The van der Waals surface area contributed by atoms with E-state index in [-0.39, 0.29) is 0 Å². The van der Waals surface area contributed by atoms with Crippen LogP contribution in [0.4, 0.5) is 0 Å². The zero-order chi connectivity index (χ0) is 9.52. The van der Waals surface area contributed by atoms with Gasteiger partial charge in [0.25, 0.3) is 0 Å². The highest BCUT2D eigenvalue weighted by Crippen LogP contribution is 2.31. The van der Waals surface area contributed by atoms with Gasteiger partial charge < -0.3 is 5.32 Å². The molecule has 1 fully saturated rings. The van der Waals surface area contributed by atoms with Gasteiger partial charge in [0, 0.05) is 6.04 Å². The Kier molecular flexibility index (Phi) is 5.45. The Morgan fingerprint density at radius 1 is 1.23 bits per heavy atom. The molecule has 0 bridgehead atoms. The van der Waals surface area contributed by atoms with Gasteiger partial charge in [-0.3, -0.25) is 0 Å². The Hall–Kier alpha value is -0.0400.